The molecular weight excluding hydrogens is 475 g/mol. The van der Waals surface area contributed by atoms with Gasteiger partial charge in [-0.05, 0) is 51.2 Å². The molecule has 14 heteroatoms. The van der Waals surface area contributed by atoms with Crippen molar-refractivity contribution in [3.63, 3.8) is 0 Å². The Labute approximate surface area is 203 Å². The average molecular weight is 500 g/mol. The van der Waals surface area contributed by atoms with E-state index in [1.807, 2.05) is 10.9 Å². The minimum atomic E-state index is -4.57. The van der Waals surface area contributed by atoms with Gasteiger partial charge in [-0.3, -0.25) is 4.68 Å². The fraction of sp³-hybridized carbons (Fsp3) is 0.364. The minimum Gasteiger partial charge on any atom is -0.334 e. The van der Waals surface area contributed by atoms with E-state index >= 15 is 0 Å². The lowest BCUT2D eigenvalue weighted by molar-refractivity contribution is -0.144. The molecule has 3 N–H and O–H groups in total. The molecule has 1 aliphatic rings. The molecule has 0 unspecified atom stereocenters. The Kier molecular flexibility index (Phi) is 6.04. The van der Waals surface area contributed by atoms with Gasteiger partial charge in [-0.15, -0.1) is 0 Å². The van der Waals surface area contributed by atoms with Crippen LogP contribution in [0.1, 0.15) is 24.7 Å². The number of piperidine rings is 1. The van der Waals surface area contributed by atoms with Crippen molar-refractivity contribution in [3.05, 3.63) is 42.6 Å². The molecule has 11 nitrogen and oxygen atoms in total. The Hall–Kier alpha value is -4.07. The Bertz CT molecular complexity index is 1390. The zero-order chi connectivity index (χ0) is 25.4. The number of anilines is 4. The number of alkyl halides is 3. The molecule has 4 heterocycles. The van der Waals surface area contributed by atoms with Crippen molar-refractivity contribution in [2.24, 2.45) is 5.11 Å². The number of fused-ring (bicyclic) bond motifs is 1. The molecule has 188 valence electrons. The Balaban J connectivity index is 1.38. The van der Waals surface area contributed by atoms with Crippen LogP contribution in [0.25, 0.3) is 11.0 Å². The summed E-state index contributed by atoms with van der Waals surface area (Å²) in [4.78, 5) is 18.6. The third-order valence-corrected chi connectivity index (χ3v) is 6.23. The van der Waals surface area contributed by atoms with Crippen LogP contribution in [0.15, 0.2) is 41.9 Å². The van der Waals surface area contributed by atoms with Crippen molar-refractivity contribution in [1.29, 1.82) is 5.53 Å². The molecule has 36 heavy (non-hydrogen) atoms. The first-order valence-corrected chi connectivity index (χ1v) is 11.3. The summed E-state index contributed by atoms with van der Waals surface area (Å²) in [7, 11) is 3.79. The van der Waals surface area contributed by atoms with Gasteiger partial charge in [0.25, 0.3) is 0 Å². The highest BCUT2D eigenvalue weighted by molar-refractivity contribution is 5.82. The molecule has 0 aliphatic carbocycles. The lowest BCUT2D eigenvalue weighted by atomic mass is 10.1. The maximum Gasteiger partial charge on any atom is 0.449 e. The number of aromatic nitrogens is 6. The monoisotopic (exact) mass is 499 g/mol. The molecule has 5 rings (SSSR count). The second-order valence-corrected chi connectivity index (χ2v) is 8.73. The SMILES string of the molecule is CN1CCC(n2cc(Nc3ncc(N=N)c(N(C)c4ccc5nc(C(F)(F)F)[nH]c5c4)n3)cn2)CC1. The predicted octanol–water partition coefficient (Wildman–Crippen LogP) is 5.01. The Morgan fingerprint density at radius 1 is 1.19 bits per heavy atom. The maximum atomic E-state index is 13.0. The number of likely N-dealkylation sites (tertiary alicyclic amines) is 1. The topological polar surface area (TPSA) is 127 Å². The summed E-state index contributed by atoms with van der Waals surface area (Å²) in [5, 5.41) is 11.1. The third kappa shape index (κ3) is 4.71. The molecule has 1 saturated heterocycles. The Morgan fingerprint density at radius 2 is 1.97 bits per heavy atom. The number of H-pyrrole nitrogens is 1. The summed E-state index contributed by atoms with van der Waals surface area (Å²) in [6, 6.07) is 4.98. The number of hydrogen-bond donors (Lipinski definition) is 3. The van der Waals surface area contributed by atoms with Crippen LogP contribution < -0.4 is 10.2 Å². The average Bonchev–Trinajstić information content (AvgIpc) is 3.51. The summed E-state index contributed by atoms with van der Waals surface area (Å²) in [6.07, 6.45) is 2.50. The van der Waals surface area contributed by atoms with Gasteiger partial charge in [0.15, 0.2) is 5.82 Å². The van der Waals surface area contributed by atoms with E-state index in [0.717, 1.165) is 31.6 Å². The molecule has 4 aromatic rings. The zero-order valence-electron chi connectivity index (χ0n) is 19.6. The fourth-order valence-corrected chi connectivity index (χ4v) is 4.21. The van der Waals surface area contributed by atoms with Crippen molar-refractivity contribution in [2.45, 2.75) is 25.1 Å². The summed E-state index contributed by atoms with van der Waals surface area (Å²) in [5.74, 6) is -0.484. The van der Waals surface area contributed by atoms with Gasteiger partial charge < -0.3 is 20.1 Å². The van der Waals surface area contributed by atoms with Gasteiger partial charge in [0.2, 0.25) is 11.8 Å². The fourth-order valence-electron chi connectivity index (χ4n) is 4.21. The summed E-state index contributed by atoms with van der Waals surface area (Å²) in [5.41, 5.74) is 9.37. The molecule has 0 spiro atoms. The number of nitrogens with one attached hydrogen (secondary N) is 3. The van der Waals surface area contributed by atoms with Crippen LogP contribution in [0.2, 0.25) is 0 Å². The first-order valence-electron chi connectivity index (χ1n) is 11.3. The highest BCUT2D eigenvalue weighted by atomic mass is 19.4. The number of rotatable bonds is 6. The van der Waals surface area contributed by atoms with Gasteiger partial charge in [-0.25, -0.2) is 15.5 Å². The van der Waals surface area contributed by atoms with Crippen LogP contribution in [0.4, 0.5) is 42.0 Å². The van der Waals surface area contributed by atoms with E-state index in [9.17, 15) is 13.2 Å². The van der Waals surface area contributed by atoms with E-state index in [2.05, 4.69) is 47.4 Å². The smallest absolute Gasteiger partial charge is 0.334 e. The first-order chi connectivity index (χ1) is 17.2. The standard InChI is InChI=1S/C22H24F3N11/c1-34-7-5-14(6-8-34)36-12-13(10-28-36)29-21-27-11-18(33-26)19(32-21)35(2)15-3-4-16-17(9-15)31-20(30-16)22(23,24)25/h3-4,9-12,14,26H,5-8H2,1-2H3,(H,30,31)(H,27,29,32). The maximum absolute atomic E-state index is 13.0. The van der Waals surface area contributed by atoms with E-state index < -0.39 is 12.0 Å². The third-order valence-electron chi connectivity index (χ3n) is 6.23. The first kappa shape index (κ1) is 23.7. The highest BCUT2D eigenvalue weighted by Crippen LogP contribution is 2.34. The molecule has 1 fully saturated rings. The van der Waals surface area contributed by atoms with Crippen LogP contribution in [0, 0.1) is 5.53 Å². The normalized spacial score (nSPS) is 15.4. The molecule has 0 amide bonds. The van der Waals surface area contributed by atoms with Crippen LogP contribution in [-0.2, 0) is 6.18 Å². The number of halogens is 3. The molecule has 1 aliphatic heterocycles. The molecule has 0 saturated carbocycles. The van der Waals surface area contributed by atoms with E-state index in [4.69, 9.17) is 5.53 Å². The molecule has 0 radical (unpaired) electrons. The van der Waals surface area contributed by atoms with Crippen LogP contribution in [0.5, 0.6) is 0 Å². The molecule has 0 bridgehead atoms. The van der Waals surface area contributed by atoms with E-state index in [1.165, 1.54) is 18.3 Å². The highest BCUT2D eigenvalue weighted by Gasteiger charge is 2.34. The van der Waals surface area contributed by atoms with Crippen LogP contribution in [0.3, 0.4) is 0 Å². The quantitative estimate of drug-likeness (QED) is 0.318. The van der Waals surface area contributed by atoms with E-state index in [0.29, 0.717) is 17.5 Å². The largest absolute Gasteiger partial charge is 0.449 e. The molecular formula is C22H24F3N11. The van der Waals surface area contributed by atoms with Gasteiger partial charge in [0, 0.05) is 18.9 Å². The van der Waals surface area contributed by atoms with Gasteiger partial charge in [-0.1, -0.05) is 0 Å². The summed E-state index contributed by atoms with van der Waals surface area (Å²) >= 11 is 0. The van der Waals surface area contributed by atoms with E-state index in [1.54, 1.807) is 24.2 Å². The van der Waals surface area contributed by atoms with Crippen molar-refractivity contribution >= 4 is 39.9 Å². The predicted molar refractivity (Wildman–Crippen MR) is 127 cm³/mol. The van der Waals surface area contributed by atoms with Crippen molar-refractivity contribution in [2.75, 3.05) is 37.4 Å². The van der Waals surface area contributed by atoms with Gasteiger partial charge in [0.05, 0.1) is 35.2 Å². The zero-order valence-corrected chi connectivity index (χ0v) is 19.6. The lowest BCUT2D eigenvalue weighted by Crippen LogP contribution is -2.31. The van der Waals surface area contributed by atoms with E-state index in [-0.39, 0.29) is 22.7 Å². The summed E-state index contributed by atoms with van der Waals surface area (Å²) in [6.45, 7) is 2.04. The minimum absolute atomic E-state index is 0.191. The number of imidazole rings is 1. The summed E-state index contributed by atoms with van der Waals surface area (Å²) < 4.78 is 41.0. The van der Waals surface area contributed by atoms with Gasteiger partial charge in [-0.2, -0.15) is 28.4 Å². The van der Waals surface area contributed by atoms with Crippen molar-refractivity contribution < 1.29 is 13.2 Å². The van der Waals surface area contributed by atoms with Crippen molar-refractivity contribution in [3.8, 4) is 0 Å². The van der Waals surface area contributed by atoms with Crippen LogP contribution >= 0.6 is 0 Å². The van der Waals surface area contributed by atoms with Crippen molar-refractivity contribution in [1.82, 2.24) is 34.6 Å². The number of hydrogen-bond acceptors (Lipinski definition) is 9. The molecule has 0 atom stereocenters. The molecule has 3 aromatic heterocycles. The molecule has 1 aromatic carbocycles. The second-order valence-electron chi connectivity index (χ2n) is 8.73. The number of nitrogens with zero attached hydrogens (tertiary/aromatic N) is 8. The van der Waals surface area contributed by atoms with Crippen LogP contribution in [-0.4, -0.2) is 61.8 Å². The lowest BCUT2D eigenvalue weighted by Gasteiger charge is -2.28. The second kappa shape index (κ2) is 9.18. The number of benzene rings is 1. The number of aromatic amines is 1. The van der Waals surface area contributed by atoms with Gasteiger partial charge >= 0.3 is 6.18 Å². The van der Waals surface area contributed by atoms with Gasteiger partial charge in [0.1, 0.15) is 5.69 Å². The Morgan fingerprint density at radius 3 is 2.69 bits per heavy atom.